The Morgan fingerprint density at radius 2 is 1.63 bits per heavy atom. The Balaban J connectivity index is 2.30. The number of phenols is 1. The molecule has 2 aromatic rings. The second-order valence-corrected chi connectivity index (χ2v) is 5.20. The smallest absolute Gasteiger partial charge is 0.171 e. The maximum atomic E-state index is 12.1. The molecule has 0 aromatic heterocycles. The Bertz CT molecular complexity index is 639. The summed E-state index contributed by atoms with van der Waals surface area (Å²) in [6.45, 7) is 0. The van der Waals surface area contributed by atoms with Gasteiger partial charge in [-0.15, -0.1) is 0 Å². The van der Waals surface area contributed by atoms with E-state index >= 15 is 0 Å². The summed E-state index contributed by atoms with van der Waals surface area (Å²) >= 11 is 17.7. The normalized spacial score (nSPS) is 10.5. The molecule has 0 atom stereocenters. The fourth-order valence-electron chi connectivity index (χ4n) is 1.68. The van der Waals surface area contributed by atoms with Crippen molar-refractivity contribution in [3.05, 3.63) is 62.6 Å². The summed E-state index contributed by atoms with van der Waals surface area (Å²) in [6, 6.07) is 9.41. The largest absolute Gasteiger partial charge is 0.507 e. The third-order valence-electron chi connectivity index (χ3n) is 2.64. The topological polar surface area (TPSA) is 37.3 Å². The lowest BCUT2D eigenvalue weighted by Crippen LogP contribution is -2.04. The van der Waals surface area contributed by atoms with Crippen molar-refractivity contribution in [3.63, 3.8) is 0 Å². The molecule has 0 saturated heterocycles. The standard InChI is InChI=1S/C14H9Cl3O2/c15-10-7-12(17)11(16)5-8(10)6-14(19)9-3-1-2-4-13(9)18/h1-5,7,18H,6H2. The van der Waals surface area contributed by atoms with Crippen LogP contribution < -0.4 is 0 Å². The van der Waals surface area contributed by atoms with Gasteiger partial charge in [0.2, 0.25) is 0 Å². The average molecular weight is 316 g/mol. The number of ketones is 1. The Hall–Kier alpha value is -1.22. The molecule has 1 N–H and O–H groups in total. The molecule has 5 heteroatoms. The van der Waals surface area contributed by atoms with E-state index in [0.29, 0.717) is 20.6 Å². The van der Waals surface area contributed by atoms with E-state index in [9.17, 15) is 9.90 Å². The molecule has 2 nitrogen and oxygen atoms in total. The Morgan fingerprint density at radius 1 is 1.00 bits per heavy atom. The van der Waals surface area contributed by atoms with Crippen molar-refractivity contribution in [2.45, 2.75) is 6.42 Å². The number of hydrogen-bond donors (Lipinski definition) is 1. The Labute approximate surface area is 125 Å². The summed E-state index contributed by atoms with van der Waals surface area (Å²) in [5.74, 6) is -0.290. The van der Waals surface area contributed by atoms with E-state index in [2.05, 4.69) is 0 Å². The van der Waals surface area contributed by atoms with E-state index in [4.69, 9.17) is 34.8 Å². The minimum Gasteiger partial charge on any atom is -0.507 e. The highest BCUT2D eigenvalue weighted by Crippen LogP contribution is 2.30. The second kappa shape index (κ2) is 5.83. The molecule has 0 unspecified atom stereocenters. The van der Waals surface area contributed by atoms with E-state index in [1.54, 1.807) is 24.3 Å². The first-order valence-electron chi connectivity index (χ1n) is 5.43. The van der Waals surface area contributed by atoms with Gasteiger partial charge in [0.25, 0.3) is 0 Å². The fraction of sp³-hybridized carbons (Fsp3) is 0.0714. The van der Waals surface area contributed by atoms with Crippen LogP contribution >= 0.6 is 34.8 Å². The number of Topliss-reactive ketones (excluding diaryl/α,β-unsaturated/α-hetero) is 1. The summed E-state index contributed by atoms with van der Waals surface area (Å²) < 4.78 is 0. The van der Waals surface area contributed by atoms with Crippen LogP contribution in [0.2, 0.25) is 15.1 Å². The van der Waals surface area contributed by atoms with Gasteiger partial charge in [0.05, 0.1) is 15.6 Å². The zero-order chi connectivity index (χ0) is 14.0. The molecule has 0 amide bonds. The third-order valence-corrected chi connectivity index (χ3v) is 3.72. The molecule has 0 spiro atoms. The van der Waals surface area contributed by atoms with Gasteiger partial charge in [-0.3, -0.25) is 4.79 Å². The number of phenolic OH excluding ortho intramolecular Hbond substituents is 1. The molecule has 98 valence electrons. The number of carbonyl (C=O) groups excluding carboxylic acids is 1. The van der Waals surface area contributed by atoms with Crippen molar-refractivity contribution in [2.24, 2.45) is 0 Å². The molecule has 0 bridgehead atoms. The first-order valence-corrected chi connectivity index (χ1v) is 6.57. The van der Waals surface area contributed by atoms with Crippen molar-refractivity contribution >= 4 is 40.6 Å². The lowest BCUT2D eigenvalue weighted by atomic mass is 10.0. The van der Waals surface area contributed by atoms with Crippen LogP contribution in [0, 0.1) is 0 Å². The maximum Gasteiger partial charge on any atom is 0.171 e. The number of benzene rings is 2. The lowest BCUT2D eigenvalue weighted by Gasteiger charge is -2.07. The highest BCUT2D eigenvalue weighted by Gasteiger charge is 2.14. The van der Waals surface area contributed by atoms with Crippen LogP contribution in [0.4, 0.5) is 0 Å². The first kappa shape index (κ1) is 14.2. The van der Waals surface area contributed by atoms with E-state index in [0.717, 1.165) is 0 Å². The highest BCUT2D eigenvalue weighted by molar-refractivity contribution is 6.43. The lowest BCUT2D eigenvalue weighted by molar-refractivity contribution is 0.0990. The van der Waals surface area contributed by atoms with Crippen LogP contribution in [0.1, 0.15) is 15.9 Å². The van der Waals surface area contributed by atoms with Gasteiger partial charge in [-0.1, -0.05) is 46.9 Å². The molecule has 2 aromatic carbocycles. The second-order valence-electron chi connectivity index (χ2n) is 3.97. The van der Waals surface area contributed by atoms with Crippen molar-refractivity contribution in [3.8, 4) is 5.75 Å². The number of halogens is 3. The predicted octanol–water partition coefficient (Wildman–Crippen LogP) is 4.78. The number of para-hydroxylation sites is 1. The van der Waals surface area contributed by atoms with Gasteiger partial charge in [-0.05, 0) is 29.8 Å². The predicted molar refractivity (Wildman–Crippen MR) is 77.6 cm³/mol. The minimum atomic E-state index is -0.238. The van der Waals surface area contributed by atoms with Gasteiger partial charge in [0.15, 0.2) is 5.78 Å². The van der Waals surface area contributed by atoms with Gasteiger partial charge in [0, 0.05) is 11.4 Å². The quantitative estimate of drug-likeness (QED) is 0.654. The van der Waals surface area contributed by atoms with Crippen molar-refractivity contribution < 1.29 is 9.90 Å². The number of hydrogen-bond acceptors (Lipinski definition) is 2. The molecular weight excluding hydrogens is 307 g/mol. The molecular formula is C14H9Cl3O2. The molecule has 0 aliphatic carbocycles. The van der Waals surface area contributed by atoms with Gasteiger partial charge in [0.1, 0.15) is 5.75 Å². The molecule has 0 saturated carbocycles. The summed E-state index contributed by atoms with van der Waals surface area (Å²) in [5.41, 5.74) is 0.828. The molecule has 0 aliphatic rings. The summed E-state index contributed by atoms with van der Waals surface area (Å²) in [5, 5.41) is 10.7. The summed E-state index contributed by atoms with van der Waals surface area (Å²) in [4.78, 5) is 12.1. The van der Waals surface area contributed by atoms with Crippen molar-refractivity contribution in [2.75, 3.05) is 0 Å². The van der Waals surface area contributed by atoms with Gasteiger partial charge in [-0.25, -0.2) is 0 Å². The van der Waals surface area contributed by atoms with E-state index in [-0.39, 0.29) is 23.5 Å². The molecule has 0 radical (unpaired) electrons. The molecule has 19 heavy (non-hydrogen) atoms. The molecule has 0 fully saturated rings. The van der Waals surface area contributed by atoms with Crippen LogP contribution in [0.3, 0.4) is 0 Å². The maximum absolute atomic E-state index is 12.1. The first-order chi connectivity index (χ1) is 8.99. The van der Waals surface area contributed by atoms with Crippen LogP contribution in [0.5, 0.6) is 5.75 Å². The minimum absolute atomic E-state index is 0.0489. The van der Waals surface area contributed by atoms with E-state index in [1.165, 1.54) is 12.1 Å². The SMILES string of the molecule is O=C(Cc1cc(Cl)c(Cl)cc1Cl)c1ccccc1O. The van der Waals surface area contributed by atoms with Crippen LogP contribution in [0.25, 0.3) is 0 Å². The highest BCUT2D eigenvalue weighted by atomic mass is 35.5. The molecule has 2 rings (SSSR count). The van der Waals surface area contributed by atoms with Crippen LogP contribution in [0.15, 0.2) is 36.4 Å². The van der Waals surface area contributed by atoms with Gasteiger partial charge >= 0.3 is 0 Å². The zero-order valence-electron chi connectivity index (χ0n) is 9.66. The van der Waals surface area contributed by atoms with Gasteiger partial charge < -0.3 is 5.11 Å². The third kappa shape index (κ3) is 3.21. The van der Waals surface area contributed by atoms with E-state index in [1.807, 2.05) is 0 Å². The number of carbonyl (C=O) groups is 1. The Morgan fingerprint density at radius 3 is 2.32 bits per heavy atom. The Kier molecular flexibility index (Phi) is 4.35. The van der Waals surface area contributed by atoms with Gasteiger partial charge in [-0.2, -0.15) is 0 Å². The number of rotatable bonds is 3. The summed E-state index contributed by atoms with van der Waals surface area (Å²) in [6.07, 6.45) is 0.0489. The zero-order valence-corrected chi connectivity index (χ0v) is 11.9. The monoisotopic (exact) mass is 314 g/mol. The fourth-order valence-corrected chi connectivity index (χ4v) is 2.31. The summed E-state index contributed by atoms with van der Waals surface area (Å²) in [7, 11) is 0. The van der Waals surface area contributed by atoms with Crippen molar-refractivity contribution in [1.29, 1.82) is 0 Å². The van der Waals surface area contributed by atoms with E-state index < -0.39 is 0 Å². The van der Waals surface area contributed by atoms with Crippen LogP contribution in [-0.4, -0.2) is 10.9 Å². The molecule has 0 aliphatic heterocycles. The van der Waals surface area contributed by atoms with Crippen molar-refractivity contribution in [1.82, 2.24) is 0 Å². The average Bonchev–Trinajstić information content (AvgIpc) is 2.36. The number of aromatic hydroxyl groups is 1. The van der Waals surface area contributed by atoms with Crippen LogP contribution in [-0.2, 0) is 6.42 Å². The molecule has 0 heterocycles.